The van der Waals surface area contributed by atoms with Crippen LogP contribution in [0.2, 0.25) is 0 Å². The van der Waals surface area contributed by atoms with Crippen LogP contribution in [-0.4, -0.2) is 0 Å². The zero-order valence-corrected chi connectivity index (χ0v) is 13.0. The summed E-state index contributed by atoms with van der Waals surface area (Å²) in [4.78, 5) is 1.42. The first-order valence-corrected chi connectivity index (χ1v) is 8.65. The van der Waals surface area contributed by atoms with Crippen molar-refractivity contribution in [1.82, 2.24) is 0 Å². The third-order valence-electron chi connectivity index (χ3n) is 4.29. The molecule has 1 aliphatic rings. The molecule has 0 saturated heterocycles. The molecule has 2 aromatic carbocycles. The van der Waals surface area contributed by atoms with E-state index in [0.717, 1.165) is 11.7 Å². The van der Waals surface area contributed by atoms with Gasteiger partial charge in [-0.3, -0.25) is 0 Å². The van der Waals surface area contributed by atoms with Crippen LogP contribution in [-0.2, 0) is 12.2 Å². The lowest BCUT2D eigenvalue weighted by molar-refractivity contribution is 0.539. The quantitative estimate of drug-likeness (QED) is 0.638. The molecule has 1 atom stereocenters. The fraction of sp³-hybridized carbons (Fsp3) is 0.368. The monoisotopic (exact) mass is 282 g/mol. The highest BCUT2D eigenvalue weighted by atomic mass is 32.2. The Hall–Kier alpha value is -1.21. The summed E-state index contributed by atoms with van der Waals surface area (Å²) in [6.07, 6.45) is 5.29. The van der Waals surface area contributed by atoms with Crippen LogP contribution in [0, 0.1) is 0 Å². The van der Waals surface area contributed by atoms with Gasteiger partial charge in [-0.2, -0.15) is 0 Å². The van der Waals surface area contributed by atoms with Crippen LogP contribution >= 0.6 is 11.8 Å². The Kier molecular flexibility index (Phi) is 4.47. The van der Waals surface area contributed by atoms with Crippen molar-refractivity contribution in [2.24, 2.45) is 0 Å². The summed E-state index contributed by atoms with van der Waals surface area (Å²) in [7, 11) is 0. The van der Waals surface area contributed by atoms with Gasteiger partial charge in [0.15, 0.2) is 0 Å². The highest BCUT2D eigenvalue weighted by Gasteiger charge is 2.18. The second-order valence-electron chi connectivity index (χ2n) is 5.63. The van der Waals surface area contributed by atoms with Gasteiger partial charge in [-0.05, 0) is 60.4 Å². The SMILES string of the molecule is CC[C@@H]1CCCc2cc(SCc3ccccc3)ccc21. The number of thioether (sulfide) groups is 1. The highest BCUT2D eigenvalue weighted by molar-refractivity contribution is 7.98. The van der Waals surface area contributed by atoms with Crippen molar-refractivity contribution in [1.29, 1.82) is 0 Å². The molecule has 0 fully saturated rings. The van der Waals surface area contributed by atoms with Gasteiger partial charge in [-0.15, -0.1) is 11.8 Å². The molecule has 0 spiro atoms. The lowest BCUT2D eigenvalue weighted by Gasteiger charge is -2.25. The molecule has 0 saturated carbocycles. The molecule has 1 heteroatoms. The first-order chi connectivity index (χ1) is 9.86. The maximum Gasteiger partial charge on any atom is 0.0231 e. The molecule has 0 bridgehead atoms. The number of rotatable bonds is 4. The highest BCUT2D eigenvalue weighted by Crippen LogP contribution is 2.36. The smallest absolute Gasteiger partial charge is 0.0231 e. The molecular weight excluding hydrogens is 260 g/mol. The van der Waals surface area contributed by atoms with Crippen molar-refractivity contribution >= 4 is 11.8 Å². The Morgan fingerprint density at radius 2 is 1.95 bits per heavy atom. The number of benzene rings is 2. The number of aryl methyl sites for hydroxylation is 1. The maximum absolute atomic E-state index is 2.44. The van der Waals surface area contributed by atoms with Gasteiger partial charge in [0.25, 0.3) is 0 Å². The normalized spacial score (nSPS) is 17.8. The summed E-state index contributed by atoms with van der Waals surface area (Å²) in [5.74, 6) is 1.86. The number of fused-ring (bicyclic) bond motifs is 1. The molecule has 0 heterocycles. The van der Waals surface area contributed by atoms with Crippen molar-refractivity contribution in [3.63, 3.8) is 0 Å². The second kappa shape index (κ2) is 6.49. The average molecular weight is 282 g/mol. The molecule has 3 rings (SSSR count). The van der Waals surface area contributed by atoms with Crippen molar-refractivity contribution in [3.05, 3.63) is 65.2 Å². The molecule has 0 N–H and O–H groups in total. The third kappa shape index (κ3) is 3.09. The summed E-state index contributed by atoms with van der Waals surface area (Å²) in [6.45, 7) is 2.32. The summed E-state index contributed by atoms with van der Waals surface area (Å²) >= 11 is 1.96. The summed E-state index contributed by atoms with van der Waals surface area (Å²) in [6, 6.07) is 17.9. The zero-order chi connectivity index (χ0) is 13.8. The van der Waals surface area contributed by atoms with E-state index in [1.165, 1.54) is 36.1 Å². The van der Waals surface area contributed by atoms with Crippen LogP contribution in [0.3, 0.4) is 0 Å². The molecule has 0 radical (unpaired) electrons. The Morgan fingerprint density at radius 1 is 1.10 bits per heavy atom. The second-order valence-corrected chi connectivity index (χ2v) is 6.68. The average Bonchev–Trinajstić information content (AvgIpc) is 2.53. The standard InChI is InChI=1S/C19H22S/c1-2-16-9-6-10-17-13-18(11-12-19(16)17)20-14-15-7-4-3-5-8-15/h3-5,7-8,11-13,16H,2,6,9-10,14H2,1H3/t16-/m1/s1. The van der Waals surface area contributed by atoms with Crippen molar-refractivity contribution < 1.29 is 0 Å². The molecular formula is C19H22S. The number of hydrogen-bond acceptors (Lipinski definition) is 1. The van der Waals surface area contributed by atoms with Crippen LogP contribution in [0.25, 0.3) is 0 Å². The minimum Gasteiger partial charge on any atom is -0.121 e. The van der Waals surface area contributed by atoms with Crippen molar-refractivity contribution in [3.8, 4) is 0 Å². The van der Waals surface area contributed by atoms with E-state index in [-0.39, 0.29) is 0 Å². The van der Waals surface area contributed by atoms with Gasteiger partial charge < -0.3 is 0 Å². The Labute approximate surface area is 126 Å². The molecule has 0 aliphatic heterocycles. The third-order valence-corrected chi connectivity index (χ3v) is 5.36. The predicted molar refractivity (Wildman–Crippen MR) is 88.4 cm³/mol. The fourth-order valence-corrected chi connectivity index (χ4v) is 4.06. The topological polar surface area (TPSA) is 0 Å². The van der Waals surface area contributed by atoms with Gasteiger partial charge in [0.05, 0.1) is 0 Å². The number of hydrogen-bond donors (Lipinski definition) is 0. The Bertz CT molecular complexity index is 559. The van der Waals surface area contributed by atoms with Crippen LogP contribution in [0.1, 0.15) is 48.8 Å². The summed E-state index contributed by atoms with van der Waals surface area (Å²) < 4.78 is 0. The van der Waals surface area contributed by atoms with Gasteiger partial charge in [-0.25, -0.2) is 0 Å². The van der Waals surface area contributed by atoms with Crippen LogP contribution in [0.15, 0.2) is 53.4 Å². The molecule has 2 aromatic rings. The van der Waals surface area contributed by atoms with E-state index in [4.69, 9.17) is 0 Å². The Balaban J connectivity index is 1.72. The zero-order valence-electron chi connectivity index (χ0n) is 12.1. The molecule has 0 unspecified atom stereocenters. The van der Waals surface area contributed by atoms with E-state index in [1.807, 2.05) is 11.8 Å². The van der Waals surface area contributed by atoms with Crippen LogP contribution in [0.5, 0.6) is 0 Å². The lowest BCUT2D eigenvalue weighted by Crippen LogP contribution is -2.08. The fourth-order valence-electron chi connectivity index (χ4n) is 3.15. The minimum absolute atomic E-state index is 0.798. The molecule has 0 aromatic heterocycles. The van der Waals surface area contributed by atoms with Gasteiger partial charge in [0.2, 0.25) is 0 Å². The van der Waals surface area contributed by atoms with Gasteiger partial charge >= 0.3 is 0 Å². The van der Waals surface area contributed by atoms with E-state index in [2.05, 4.69) is 55.5 Å². The molecule has 0 amide bonds. The van der Waals surface area contributed by atoms with E-state index in [1.54, 1.807) is 11.1 Å². The van der Waals surface area contributed by atoms with Crippen LogP contribution in [0.4, 0.5) is 0 Å². The first kappa shape index (κ1) is 13.8. The van der Waals surface area contributed by atoms with E-state index in [9.17, 15) is 0 Å². The maximum atomic E-state index is 2.44. The van der Waals surface area contributed by atoms with Crippen molar-refractivity contribution in [2.45, 2.75) is 49.2 Å². The predicted octanol–water partition coefficient (Wildman–Crippen LogP) is 5.81. The van der Waals surface area contributed by atoms with E-state index >= 15 is 0 Å². The van der Waals surface area contributed by atoms with Gasteiger partial charge in [0.1, 0.15) is 0 Å². The van der Waals surface area contributed by atoms with Gasteiger partial charge in [0, 0.05) is 10.6 Å². The summed E-state index contributed by atoms with van der Waals surface area (Å²) in [5, 5.41) is 0. The van der Waals surface area contributed by atoms with Gasteiger partial charge in [-0.1, -0.05) is 43.3 Å². The largest absolute Gasteiger partial charge is 0.121 e. The first-order valence-electron chi connectivity index (χ1n) is 7.66. The molecule has 1 aliphatic carbocycles. The van der Waals surface area contributed by atoms with E-state index < -0.39 is 0 Å². The van der Waals surface area contributed by atoms with Crippen LogP contribution < -0.4 is 0 Å². The van der Waals surface area contributed by atoms with Crippen molar-refractivity contribution in [2.75, 3.05) is 0 Å². The molecule has 20 heavy (non-hydrogen) atoms. The molecule has 0 nitrogen and oxygen atoms in total. The Morgan fingerprint density at radius 3 is 2.75 bits per heavy atom. The lowest BCUT2D eigenvalue weighted by atomic mass is 9.81. The summed E-state index contributed by atoms with van der Waals surface area (Å²) in [5.41, 5.74) is 4.62. The van der Waals surface area contributed by atoms with E-state index in [0.29, 0.717) is 0 Å². The molecule has 104 valence electrons. The minimum atomic E-state index is 0.798.